The number of ether oxygens (including phenoxy) is 1. The summed E-state index contributed by atoms with van der Waals surface area (Å²) >= 11 is 0.838. The number of methoxy groups -OCH3 is 1. The second-order valence-electron chi connectivity index (χ2n) is 7.89. The zero-order valence-electron chi connectivity index (χ0n) is 20.1. The van der Waals surface area contributed by atoms with Gasteiger partial charge in [-0.1, -0.05) is 26.0 Å². The highest BCUT2D eigenvalue weighted by Gasteiger charge is 2.22. The largest absolute Gasteiger partial charge is 0.507 e. The molecule has 35 heavy (non-hydrogen) atoms. The summed E-state index contributed by atoms with van der Waals surface area (Å²) < 4.78 is 24.6. The number of carbonyl (C=O) groups excluding carboxylic acids is 1. The zero-order chi connectivity index (χ0) is 26.1. The van der Waals surface area contributed by atoms with E-state index in [0.717, 1.165) is 18.3 Å². The zero-order valence-corrected chi connectivity index (χ0v) is 21.0. The molecule has 1 heterocycles. The maximum atomic E-state index is 13.7. The molecule has 0 spiro atoms. The third-order valence-electron chi connectivity index (χ3n) is 4.85. The number of hydrogen-bond acceptors (Lipinski definition) is 11. The Hall–Kier alpha value is -2.77. The Kier molecular flexibility index (Phi) is 10.9. The highest BCUT2D eigenvalue weighted by atomic mass is 32.2. The number of rotatable bonds is 12. The summed E-state index contributed by atoms with van der Waals surface area (Å²) in [5.74, 6) is -1.40. The highest BCUT2D eigenvalue weighted by molar-refractivity contribution is 7.95. The second kappa shape index (κ2) is 13.4. The predicted octanol–water partition coefficient (Wildman–Crippen LogP) is 3.38. The number of hydrogen-bond donors (Lipinski definition) is 3. The molecule has 0 radical (unpaired) electrons. The number of halogens is 1. The minimum atomic E-state index is -1.10. The molecule has 0 aliphatic carbocycles. The first-order chi connectivity index (χ1) is 16.6. The summed E-state index contributed by atoms with van der Waals surface area (Å²) in [5.41, 5.74) is 1.61. The standard InChI is InChI=1S/C23H30FN3O7S/c1-13(2)21-18(9-7-15(28)11-16(29)12-20(31)32-4)22(17-8-6-14(24)10-19(17)30)26-23(25-21)27(3)35-34-33-5/h6-10,13,15-16,28-30H,11-12H2,1-5H3/t15-,16-/m1/s1. The molecule has 12 heteroatoms. The van der Waals surface area contributed by atoms with Crippen LogP contribution in [0.4, 0.5) is 10.3 Å². The third-order valence-corrected chi connectivity index (χ3v) is 5.43. The Labute approximate surface area is 207 Å². The Morgan fingerprint density at radius 3 is 2.57 bits per heavy atom. The third kappa shape index (κ3) is 8.15. The molecule has 0 bridgehead atoms. The molecule has 1 aromatic heterocycles. The Balaban J connectivity index is 2.54. The second-order valence-corrected chi connectivity index (χ2v) is 8.72. The first kappa shape index (κ1) is 28.5. The highest BCUT2D eigenvalue weighted by Crippen LogP contribution is 2.36. The van der Waals surface area contributed by atoms with Crippen LogP contribution in [0, 0.1) is 5.82 Å². The quantitative estimate of drug-likeness (QED) is 0.127. The number of aliphatic hydroxyl groups is 2. The van der Waals surface area contributed by atoms with Gasteiger partial charge in [0.25, 0.3) is 0 Å². The van der Waals surface area contributed by atoms with E-state index in [0.29, 0.717) is 17.0 Å². The van der Waals surface area contributed by atoms with Crippen molar-refractivity contribution in [2.24, 2.45) is 0 Å². The van der Waals surface area contributed by atoms with Gasteiger partial charge < -0.3 is 20.1 Å². The van der Waals surface area contributed by atoms with Crippen LogP contribution in [-0.4, -0.2) is 64.7 Å². The van der Waals surface area contributed by atoms with E-state index in [9.17, 15) is 24.5 Å². The van der Waals surface area contributed by atoms with Gasteiger partial charge >= 0.3 is 5.97 Å². The summed E-state index contributed by atoms with van der Waals surface area (Å²) in [7, 11) is 4.22. The van der Waals surface area contributed by atoms with Gasteiger partial charge in [-0.25, -0.2) is 19.2 Å². The van der Waals surface area contributed by atoms with Crippen molar-refractivity contribution in [3.8, 4) is 17.0 Å². The lowest BCUT2D eigenvalue weighted by atomic mass is 9.96. The van der Waals surface area contributed by atoms with Gasteiger partial charge in [-0.2, -0.15) is 0 Å². The molecule has 10 nitrogen and oxygen atoms in total. The van der Waals surface area contributed by atoms with Crippen LogP contribution in [0.15, 0.2) is 24.3 Å². The average Bonchev–Trinajstić information content (AvgIpc) is 2.80. The first-order valence-electron chi connectivity index (χ1n) is 10.7. The summed E-state index contributed by atoms with van der Waals surface area (Å²) in [4.78, 5) is 25.1. The number of aromatic hydroxyl groups is 1. The van der Waals surface area contributed by atoms with Gasteiger partial charge in [0.1, 0.15) is 11.6 Å². The van der Waals surface area contributed by atoms with E-state index < -0.39 is 24.0 Å². The minimum Gasteiger partial charge on any atom is -0.507 e. The maximum absolute atomic E-state index is 13.7. The van der Waals surface area contributed by atoms with E-state index >= 15 is 0 Å². The van der Waals surface area contributed by atoms with Crippen LogP contribution in [0.2, 0.25) is 0 Å². The Bertz CT molecular complexity index is 1040. The summed E-state index contributed by atoms with van der Waals surface area (Å²) in [6.45, 7) is 3.82. The maximum Gasteiger partial charge on any atom is 0.308 e. The normalized spacial score (nSPS) is 13.3. The molecule has 3 N–H and O–H groups in total. The van der Waals surface area contributed by atoms with Gasteiger partial charge in [0, 0.05) is 30.7 Å². The van der Waals surface area contributed by atoms with Crippen LogP contribution in [0.3, 0.4) is 0 Å². The van der Waals surface area contributed by atoms with Crippen molar-refractivity contribution < 1.29 is 38.5 Å². The first-order valence-corrected chi connectivity index (χ1v) is 11.4. The van der Waals surface area contributed by atoms with Gasteiger partial charge in [-0.15, -0.1) is 4.33 Å². The van der Waals surface area contributed by atoms with Crippen LogP contribution < -0.4 is 4.31 Å². The van der Waals surface area contributed by atoms with Crippen molar-refractivity contribution in [2.45, 2.75) is 44.8 Å². The number of aromatic nitrogens is 2. The van der Waals surface area contributed by atoms with Crippen molar-refractivity contribution in [3.05, 3.63) is 41.3 Å². The summed E-state index contributed by atoms with van der Waals surface area (Å²) in [6, 6.07) is 3.57. The topological polar surface area (TPSA) is 134 Å². The van der Waals surface area contributed by atoms with Gasteiger partial charge in [0.05, 0.1) is 44.2 Å². The van der Waals surface area contributed by atoms with E-state index in [4.69, 9.17) is 4.33 Å². The van der Waals surface area contributed by atoms with Crippen LogP contribution in [0.5, 0.6) is 5.75 Å². The number of aliphatic hydroxyl groups excluding tert-OH is 2. The lowest BCUT2D eigenvalue weighted by Crippen LogP contribution is -2.20. The van der Waals surface area contributed by atoms with Crippen LogP contribution >= 0.6 is 12.2 Å². The number of carbonyl (C=O) groups is 1. The Morgan fingerprint density at radius 1 is 1.26 bits per heavy atom. The molecule has 2 rings (SSSR count). The molecule has 0 amide bonds. The number of benzene rings is 1. The number of anilines is 1. The number of nitrogens with zero attached hydrogens (tertiary/aromatic N) is 3. The number of esters is 1. The fourth-order valence-electron chi connectivity index (χ4n) is 3.16. The van der Waals surface area contributed by atoms with Crippen molar-refractivity contribution in [1.82, 2.24) is 9.97 Å². The van der Waals surface area contributed by atoms with Gasteiger partial charge in [0.2, 0.25) is 5.95 Å². The lowest BCUT2D eigenvalue weighted by Gasteiger charge is -2.20. The van der Waals surface area contributed by atoms with Gasteiger partial charge in [0.15, 0.2) is 12.2 Å². The van der Waals surface area contributed by atoms with Crippen molar-refractivity contribution in [3.63, 3.8) is 0 Å². The van der Waals surface area contributed by atoms with Crippen molar-refractivity contribution in [2.75, 3.05) is 25.6 Å². The van der Waals surface area contributed by atoms with Crippen LogP contribution in [0.1, 0.15) is 43.9 Å². The monoisotopic (exact) mass is 511 g/mol. The van der Waals surface area contributed by atoms with Gasteiger partial charge in [-0.05, 0) is 18.1 Å². The van der Waals surface area contributed by atoms with Gasteiger partial charge in [-0.3, -0.25) is 9.10 Å². The van der Waals surface area contributed by atoms with Crippen LogP contribution in [0.25, 0.3) is 17.3 Å². The average molecular weight is 512 g/mol. The molecular formula is C23H30FN3O7S. The fourth-order valence-corrected chi connectivity index (χ4v) is 3.46. The predicted molar refractivity (Wildman–Crippen MR) is 130 cm³/mol. The number of phenols is 1. The molecular weight excluding hydrogens is 481 g/mol. The van der Waals surface area contributed by atoms with E-state index in [1.54, 1.807) is 13.1 Å². The molecule has 2 atom stereocenters. The molecule has 0 saturated heterocycles. The van der Waals surface area contributed by atoms with E-state index in [2.05, 4.69) is 19.6 Å². The molecule has 1 aromatic carbocycles. The van der Waals surface area contributed by atoms with E-state index in [1.807, 2.05) is 13.8 Å². The molecule has 0 aliphatic rings. The molecule has 0 fully saturated rings. The summed E-state index contributed by atoms with van der Waals surface area (Å²) in [6.07, 6.45) is 0.451. The minimum absolute atomic E-state index is 0.105. The SMILES string of the molecule is COOSN(C)c1nc(-c2ccc(F)cc2O)c(C=C[C@@H](O)C[C@@H](O)CC(=O)OC)c(C(C)C)n1. The van der Waals surface area contributed by atoms with Crippen molar-refractivity contribution >= 4 is 30.2 Å². The smallest absolute Gasteiger partial charge is 0.308 e. The Morgan fingerprint density at radius 2 is 1.97 bits per heavy atom. The van der Waals surface area contributed by atoms with Crippen molar-refractivity contribution in [1.29, 1.82) is 0 Å². The number of phenolic OH excluding ortho intramolecular Hbond substituents is 1. The van der Waals surface area contributed by atoms with E-state index in [1.165, 1.54) is 36.7 Å². The molecule has 192 valence electrons. The fraction of sp³-hybridized carbons (Fsp3) is 0.435. The van der Waals surface area contributed by atoms with E-state index in [-0.39, 0.29) is 36.0 Å². The molecule has 0 saturated carbocycles. The lowest BCUT2D eigenvalue weighted by molar-refractivity contribution is -0.160. The molecule has 2 aromatic rings. The molecule has 0 unspecified atom stereocenters. The van der Waals surface area contributed by atoms with Crippen LogP contribution in [-0.2, 0) is 18.8 Å². The summed E-state index contributed by atoms with van der Waals surface area (Å²) in [5, 5.41) is 30.9. The molecule has 0 aliphatic heterocycles.